The van der Waals surface area contributed by atoms with Crippen molar-refractivity contribution in [2.75, 3.05) is 0 Å². The van der Waals surface area contributed by atoms with Crippen LogP contribution in [-0.2, 0) is 30.4 Å². The number of aliphatic hydroxyl groups excluding tert-OH is 2. The molecule has 6 unspecified atom stereocenters. The van der Waals surface area contributed by atoms with E-state index in [1.54, 1.807) is 30.3 Å². The highest BCUT2D eigenvalue weighted by Crippen LogP contribution is 2.06. The van der Waals surface area contributed by atoms with Gasteiger partial charge in [-0.2, -0.15) is 0 Å². The molecule has 9 N–H and O–H groups in total. The third-order valence-corrected chi connectivity index (χ3v) is 4.79. The van der Waals surface area contributed by atoms with E-state index in [0.717, 1.165) is 6.92 Å². The summed E-state index contributed by atoms with van der Waals surface area (Å²) in [4.78, 5) is 59.9. The van der Waals surface area contributed by atoms with Gasteiger partial charge < -0.3 is 42.1 Å². The van der Waals surface area contributed by atoms with E-state index in [1.165, 1.54) is 6.92 Å². The van der Waals surface area contributed by atoms with Crippen LogP contribution < -0.4 is 21.7 Å². The Balaban J connectivity index is 3.08. The van der Waals surface area contributed by atoms with E-state index in [1.807, 2.05) is 5.32 Å². The minimum atomic E-state index is -1.80. The van der Waals surface area contributed by atoms with Gasteiger partial charge in [0.2, 0.25) is 17.7 Å². The lowest BCUT2D eigenvalue weighted by atomic mass is 10.0. The standard InChI is InChI=1S/C21H30N4O9/c1-10(26)16(22)19(31)23-13(8-12-6-4-3-5-7-12)18(30)25-17(11(2)27)20(32)24-14(21(33)34)9-15(28)29/h3-7,10-11,13-14,16-17,26-27H,8-9,22H2,1-2H3,(H,23,31)(H,24,32)(H,25,30)(H,28,29)(H,33,34). The van der Waals surface area contributed by atoms with Gasteiger partial charge in [0.25, 0.3) is 0 Å². The van der Waals surface area contributed by atoms with E-state index in [0.29, 0.717) is 5.56 Å². The normalized spacial score (nSPS) is 16.1. The molecule has 0 spiro atoms. The summed E-state index contributed by atoms with van der Waals surface area (Å²) < 4.78 is 0. The van der Waals surface area contributed by atoms with E-state index in [-0.39, 0.29) is 6.42 Å². The minimum Gasteiger partial charge on any atom is -0.481 e. The van der Waals surface area contributed by atoms with Crippen LogP contribution in [0.25, 0.3) is 0 Å². The van der Waals surface area contributed by atoms with Crippen LogP contribution in [0.5, 0.6) is 0 Å². The van der Waals surface area contributed by atoms with Gasteiger partial charge in [0.05, 0.1) is 18.6 Å². The number of hydrogen-bond donors (Lipinski definition) is 8. The Morgan fingerprint density at radius 3 is 1.85 bits per heavy atom. The van der Waals surface area contributed by atoms with Crippen LogP contribution in [0.15, 0.2) is 30.3 Å². The first-order valence-corrected chi connectivity index (χ1v) is 10.3. The van der Waals surface area contributed by atoms with Crippen molar-refractivity contribution in [3.63, 3.8) is 0 Å². The van der Waals surface area contributed by atoms with Crippen LogP contribution in [0.3, 0.4) is 0 Å². The van der Waals surface area contributed by atoms with Crippen molar-refractivity contribution < 1.29 is 44.4 Å². The summed E-state index contributed by atoms with van der Waals surface area (Å²) in [6.45, 7) is 2.45. The molecule has 0 bridgehead atoms. The maximum Gasteiger partial charge on any atom is 0.326 e. The summed E-state index contributed by atoms with van der Waals surface area (Å²) in [5, 5.41) is 44.1. The first-order valence-electron chi connectivity index (χ1n) is 10.3. The maximum absolute atomic E-state index is 13.0. The number of nitrogens with two attached hydrogens (primary N) is 1. The SMILES string of the molecule is CC(O)C(N)C(=O)NC(Cc1ccccc1)C(=O)NC(C(=O)NC(CC(=O)O)C(=O)O)C(C)O. The monoisotopic (exact) mass is 482 g/mol. The van der Waals surface area contributed by atoms with Crippen LogP contribution in [0.2, 0.25) is 0 Å². The lowest BCUT2D eigenvalue weighted by Crippen LogP contribution is -2.60. The topological polar surface area (TPSA) is 228 Å². The van der Waals surface area contributed by atoms with Gasteiger partial charge >= 0.3 is 11.9 Å². The largest absolute Gasteiger partial charge is 0.481 e. The minimum absolute atomic E-state index is 0.0319. The van der Waals surface area contributed by atoms with E-state index in [2.05, 4.69) is 10.6 Å². The van der Waals surface area contributed by atoms with Gasteiger partial charge in [-0.05, 0) is 19.4 Å². The molecule has 0 aliphatic rings. The Labute approximate surface area is 195 Å². The summed E-state index contributed by atoms with van der Waals surface area (Å²) >= 11 is 0. The van der Waals surface area contributed by atoms with Crippen molar-refractivity contribution in [3.8, 4) is 0 Å². The second-order valence-corrected chi connectivity index (χ2v) is 7.74. The lowest BCUT2D eigenvalue weighted by molar-refractivity contribution is -0.148. The number of amides is 3. The number of carbonyl (C=O) groups is 5. The second-order valence-electron chi connectivity index (χ2n) is 7.74. The summed E-state index contributed by atoms with van der Waals surface area (Å²) in [5.41, 5.74) is 6.26. The zero-order valence-corrected chi connectivity index (χ0v) is 18.7. The van der Waals surface area contributed by atoms with Gasteiger partial charge in [-0.3, -0.25) is 19.2 Å². The number of benzene rings is 1. The summed E-state index contributed by atoms with van der Waals surface area (Å²) in [6, 6.07) is 2.44. The fourth-order valence-electron chi connectivity index (χ4n) is 2.84. The Bertz CT molecular complexity index is 876. The van der Waals surface area contributed by atoms with Crippen molar-refractivity contribution in [2.45, 2.75) is 63.1 Å². The number of aliphatic hydroxyl groups is 2. The molecule has 0 aromatic heterocycles. The van der Waals surface area contributed by atoms with Crippen molar-refractivity contribution >= 4 is 29.7 Å². The number of carboxylic acid groups (broad SMARTS) is 2. The zero-order valence-electron chi connectivity index (χ0n) is 18.7. The number of carboxylic acids is 2. The first kappa shape index (κ1) is 28.5. The van der Waals surface area contributed by atoms with Crippen molar-refractivity contribution in [1.82, 2.24) is 16.0 Å². The van der Waals surface area contributed by atoms with E-state index in [4.69, 9.17) is 15.9 Å². The average molecular weight is 482 g/mol. The van der Waals surface area contributed by atoms with E-state index >= 15 is 0 Å². The highest BCUT2D eigenvalue weighted by molar-refractivity contribution is 5.95. The molecular weight excluding hydrogens is 452 g/mol. The molecule has 1 rings (SSSR count). The Hall–Kier alpha value is -3.55. The van der Waals surface area contributed by atoms with Gasteiger partial charge in [0.15, 0.2) is 0 Å². The zero-order chi connectivity index (χ0) is 26.0. The number of rotatable bonds is 13. The second kappa shape index (κ2) is 13.2. The molecule has 188 valence electrons. The number of aliphatic carboxylic acids is 2. The Morgan fingerprint density at radius 1 is 0.824 bits per heavy atom. The molecule has 13 heteroatoms. The molecule has 1 aromatic rings. The van der Waals surface area contributed by atoms with E-state index < -0.39 is 72.5 Å². The number of hydrogen-bond acceptors (Lipinski definition) is 8. The molecule has 6 atom stereocenters. The van der Waals surface area contributed by atoms with Crippen LogP contribution in [0.1, 0.15) is 25.8 Å². The van der Waals surface area contributed by atoms with Gasteiger partial charge in [0.1, 0.15) is 24.2 Å². The van der Waals surface area contributed by atoms with Crippen molar-refractivity contribution in [2.24, 2.45) is 5.73 Å². The lowest BCUT2D eigenvalue weighted by Gasteiger charge is -2.26. The molecule has 0 aliphatic heterocycles. The molecule has 13 nitrogen and oxygen atoms in total. The number of nitrogens with one attached hydrogen (secondary N) is 3. The summed E-state index contributed by atoms with van der Waals surface area (Å²) in [5.74, 6) is -5.97. The summed E-state index contributed by atoms with van der Waals surface area (Å²) in [6.07, 6.45) is -3.67. The van der Waals surface area contributed by atoms with E-state index in [9.17, 15) is 34.2 Å². The molecule has 0 fully saturated rings. The first-order chi connectivity index (χ1) is 15.8. The quantitative estimate of drug-likeness (QED) is 0.145. The summed E-state index contributed by atoms with van der Waals surface area (Å²) in [7, 11) is 0. The third kappa shape index (κ3) is 9.13. The average Bonchev–Trinajstić information content (AvgIpc) is 2.75. The molecule has 0 saturated heterocycles. The predicted octanol–water partition coefficient (Wildman–Crippen LogP) is -2.67. The molecule has 0 radical (unpaired) electrons. The fraction of sp³-hybridized carbons (Fsp3) is 0.476. The molecule has 3 amide bonds. The molecule has 0 saturated carbocycles. The molecule has 0 aliphatic carbocycles. The van der Waals surface area contributed by atoms with Crippen molar-refractivity contribution in [3.05, 3.63) is 35.9 Å². The smallest absolute Gasteiger partial charge is 0.326 e. The maximum atomic E-state index is 13.0. The van der Waals surface area contributed by atoms with Gasteiger partial charge in [-0.15, -0.1) is 0 Å². The van der Waals surface area contributed by atoms with Gasteiger partial charge in [0, 0.05) is 6.42 Å². The van der Waals surface area contributed by atoms with Crippen LogP contribution >= 0.6 is 0 Å². The van der Waals surface area contributed by atoms with Crippen LogP contribution in [0.4, 0.5) is 0 Å². The van der Waals surface area contributed by atoms with Crippen LogP contribution in [0, 0.1) is 0 Å². The third-order valence-electron chi connectivity index (χ3n) is 4.79. The fourth-order valence-corrected chi connectivity index (χ4v) is 2.84. The van der Waals surface area contributed by atoms with Crippen molar-refractivity contribution in [1.29, 1.82) is 0 Å². The molecule has 1 aromatic carbocycles. The Morgan fingerprint density at radius 2 is 1.38 bits per heavy atom. The van der Waals surface area contributed by atoms with Gasteiger partial charge in [-0.1, -0.05) is 30.3 Å². The predicted molar refractivity (Wildman–Crippen MR) is 117 cm³/mol. The van der Waals surface area contributed by atoms with Gasteiger partial charge in [-0.25, -0.2) is 4.79 Å². The molecule has 0 heterocycles. The highest BCUT2D eigenvalue weighted by atomic mass is 16.4. The molecular formula is C21H30N4O9. The molecule has 34 heavy (non-hydrogen) atoms. The highest BCUT2D eigenvalue weighted by Gasteiger charge is 2.33. The number of carbonyl (C=O) groups excluding carboxylic acids is 3. The van der Waals surface area contributed by atoms with Crippen LogP contribution in [-0.4, -0.2) is 86.5 Å². The Kier molecular flexibility index (Phi) is 11.1.